The lowest BCUT2D eigenvalue weighted by Gasteiger charge is -2.37. The van der Waals surface area contributed by atoms with Gasteiger partial charge in [-0.3, -0.25) is 4.79 Å². The SMILES string of the molecule is CC(=O)Nc1cc(C(=O)O)ccc1N1CCN(c2ccccn2)CC1. The van der Waals surface area contributed by atoms with E-state index in [1.54, 1.807) is 18.3 Å². The number of rotatable bonds is 4. The Morgan fingerprint density at radius 1 is 1.08 bits per heavy atom. The summed E-state index contributed by atoms with van der Waals surface area (Å²) in [5, 5.41) is 11.9. The van der Waals surface area contributed by atoms with E-state index in [0.29, 0.717) is 5.69 Å². The second kappa shape index (κ2) is 7.21. The molecule has 1 aromatic heterocycles. The van der Waals surface area contributed by atoms with Crippen molar-refractivity contribution in [3.05, 3.63) is 48.2 Å². The zero-order valence-electron chi connectivity index (χ0n) is 14.0. The van der Waals surface area contributed by atoms with Crippen LogP contribution in [-0.2, 0) is 4.79 Å². The molecule has 1 aliphatic heterocycles. The third kappa shape index (κ3) is 3.88. The standard InChI is InChI=1S/C18H20N4O3/c1-13(23)20-15-12-14(18(24)25)5-6-16(15)21-8-10-22(11-9-21)17-4-2-3-7-19-17/h2-7,12H,8-11H2,1H3,(H,20,23)(H,24,25). The number of carbonyl (C=O) groups is 2. The van der Waals surface area contributed by atoms with Crippen LogP contribution in [0.25, 0.3) is 0 Å². The molecule has 0 saturated carbocycles. The molecule has 1 amide bonds. The van der Waals surface area contributed by atoms with Gasteiger partial charge in [-0.15, -0.1) is 0 Å². The molecule has 130 valence electrons. The normalized spacial score (nSPS) is 14.3. The number of pyridine rings is 1. The van der Waals surface area contributed by atoms with E-state index in [9.17, 15) is 9.59 Å². The van der Waals surface area contributed by atoms with Crippen molar-refractivity contribution in [2.45, 2.75) is 6.92 Å². The van der Waals surface area contributed by atoms with Crippen LogP contribution < -0.4 is 15.1 Å². The molecule has 2 aromatic rings. The number of hydrogen-bond acceptors (Lipinski definition) is 5. The van der Waals surface area contributed by atoms with E-state index < -0.39 is 5.97 Å². The maximum Gasteiger partial charge on any atom is 0.335 e. The first-order valence-corrected chi connectivity index (χ1v) is 8.10. The number of amides is 1. The molecular weight excluding hydrogens is 320 g/mol. The minimum absolute atomic E-state index is 0.152. The summed E-state index contributed by atoms with van der Waals surface area (Å²) in [6, 6.07) is 10.7. The van der Waals surface area contributed by atoms with Crippen molar-refractivity contribution in [3.8, 4) is 0 Å². The summed E-state index contributed by atoms with van der Waals surface area (Å²) < 4.78 is 0. The van der Waals surface area contributed by atoms with Gasteiger partial charge in [0.25, 0.3) is 0 Å². The molecule has 0 unspecified atom stereocenters. The van der Waals surface area contributed by atoms with Crippen LogP contribution in [0.15, 0.2) is 42.6 Å². The highest BCUT2D eigenvalue weighted by atomic mass is 16.4. The zero-order chi connectivity index (χ0) is 17.8. The minimum atomic E-state index is -1.02. The third-order valence-corrected chi connectivity index (χ3v) is 4.15. The number of carboxylic acid groups (broad SMARTS) is 1. The smallest absolute Gasteiger partial charge is 0.335 e. The second-order valence-corrected chi connectivity index (χ2v) is 5.88. The van der Waals surface area contributed by atoms with Crippen molar-refractivity contribution in [1.29, 1.82) is 0 Å². The molecule has 2 N–H and O–H groups in total. The molecule has 1 fully saturated rings. The predicted octanol–water partition coefficient (Wildman–Crippen LogP) is 2.06. The number of carboxylic acids is 1. The number of carbonyl (C=O) groups excluding carboxylic acids is 1. The Kier molecular flexibility index (Phi) is 4.83. The number of hydrogen-bond donors (Lipinski definition) is 2. The summed E-state index contributed by atoms with van der Waals surface area (Å²) in [6.07, 6.45) is 1.78. The van der Waals surface area contributed by atoms with Gasteiger partial charge in [0.15, 0.2) is 0 Å². The maximum absolute atomic E-state index is 11.5. The Bertz CT molecular complexity index is 771. The van der Waals surface area contributed by atoms with Crippen LogP contribution in [0.1, 0.15) is 17.3 Å². The van der Waals surface area contributed by atoms with Gasteiger partial charge in [0, 0.05) is 39.3 Å². The van der Waals surface area contributed by atoms with Gasteiger partial charge in [-0.05, 0) is 30.3 Å². The van der Waals surface area contributed by atoms with Crippen LogP contribution in [0.3, 0.4) is 0 Å². The third-order valence-electron chi connectivity index (χ3n) is 4.15. The molecule has 2 heterocycles. The average Bonchev–Trinajstić information content (AvgIpc) is 2.62. The molecular formula is C18H20N4O3. The van der Waals surface area contributed by atoms with E-state index in [4.69, 9.17) is 5.11 Å². The lowest BCUT2D eigenvalue weighted by atomic mass is 10.1. The van der Waals surface area contributed by atoms with Gasteiger partial charge in [0.2, 0.25) is 5.91 Å². The van der Waals surface area contributed by atoms with E-state index in [0.717, 1.165) is 37.7 Å². The molecule has 3 rings (SSSR count). The number of anilines is 3. The van der Waals surface area contributed by atoms with E-state index in [1.807, 2.05) is 18.2 Å². The van der Waals surface area contributed by atoms with Crippen molar-refractivity contribution in [2.24, 2.45) is 0 Å². The minimum Gasteiger partial charge on any atom is -0.478 e. The molecule has 0 bridgehead atoms. The molecule has 25 heavy (non-hydrogen) atoms. The molecule has 0 aliphatic carbocycles. The van der Waals surface area contributed by atoms with Gasteiger partial charge in [0.05, 0.1) is 16.9 Å². The lowest BCUT2D eigenvalue weighted by Crippen LogP contribution is -2.47. The van der Waals surface area contributed by atoms with Gasteiger partial charge < -0.3 is 20.2 Å². The number of nitrogens with zero attached hydrogens (tertiary/aromatic N) is 3. The number of piperazine rings is 1. The van der Waals surface area contributed by atoms with Crippen molar-refractivity contribution in [3.63, 3.8) is 0 Å². The first kappa shape index (κ1) is 16.8. The van der Waals surface area contributed by atoms with Crippen LogP contribution in [0.2, 0.25) is 0 Å². The maximum atomic E-state index is 11.5. The Labute approximate surface area is 145 Å². The van der Waals surface area contributed by atoms with Crippen molar-refractivity contribution in [2.75, 3.05) is 41.3 Å². The Morgan fingerprint density at radius 3 is 2.40 bits per heavy atom. The summed E-state index contributed by atoms with van der Waals surface area (Å²) in [4.78, 5) is 31.4. The summed E-state index contributed by atoms with van der Waals surface area (Å²) in [7, 11) is 0. The molecule has 7 heteroatoms. The van der Waals surface area contributed by atoms with Crippen molar-refractivity contribution < 1.29 is 14.7 Å². The van der Waals surface area contributed by atoms with Gasteiger partial charge in [-0.1, -0.05) is 6.07 Å². The fraction of sp³-hybridized carbons (Fsp3) is 0.278. The van der Waals surface area contributed by atoms with Crippen molar-refractivity contribution >= 4 is 29.1 Å². The van der Waals surface area contributed by atoms with Gasteiger partial charge in [-0.25, -0.2) is 9.78 Å². The topological polar surface area (TPSA) is 85.8 Å². The first-order valence-electron chi connectivity index (χ1n) is 8.10. The molecule has 1 saturated heterocycles. The monoisotopic (exact) mass is 340 g/mol. The quantitative estimate of drug-likeness (QED) is 0.886. The molecule has 1 aromatic carbocycles. The summed E-state index contributed by atoms with van der Waals surface area (Å²) >= 11 is 0. The number of nitrogens with one attached hydrogen (secondary N) is 1. The Balaban J connectivity index is 1.78. The Morgan fingerprint density at radius 2 is 1.80 bits per heavy atom. The van der Waals surface area contributed by atoms with Crippen LogP contribution in [0.4, 0.5) is 17.2 Å². The first-order chi connectivity index (χ1) is 12.0. The van der Waals surface area contributed by atoms with E-state index in [2.05, 4.69) is 20.1 Å². The van der Waals surface area contributed by atoms with E-state index >= 15 is 0 Å². The highest BCUT2D eigenvalue weighted by Crippen LogP contribution is 2.29. The molecule has 0 atom stereocenters. The van der Waals surface area contributed by atoms with Crippen LogP contribution in [0, 0.1) is 0 Å². The number of benzene rings is 1. The Hall–Kier alpha value is -3.09. The van der Waals surface area contributed by atoms with E-state index in [-0.39, 0.29) is 11.5 Å². The molecule has 0 radical (unpaired) electrons. The van der Waals surface area contributed by atoms with Gasteiger partial charge in [0.1, 0.15) is 5.82 Å². The second-order valence-electron chi connectivity index (χ2n) is 5.88. The van der Waals surface area contributed by atoms with E-state index in [1.165, 1.54) is 13.0 Å². The van der Waals surface area contributed by atoms with Crippen LogP contribution in [-0.4, -0.2) is 48.1 Å². The predicted molar refractivity (Wildman–Crippen MR) is 96.4 cm³/mol. The molecule has 7 nitrogen and oxygen atoms in total. The fourth-order valence-electron chi connectivity index (χ4n) is 2.95. The lowest BCUT2D eigenvalue weighted by molar-refractivity contribution is -0.114. The average molecular weight is 340 g/mol. The summed E-state index contributed by atoms with van der Waals surface area (Å²) in [5.41, 5.74) is 1.51. The summed E-state index contributed by atoms with van der Waals surface area (Å²) in [5.74, 6) is -0.292. The van der Waals surface area contributed by atoms with Gasteiger partial charge >= 0.3 is 5.97 Å². The number of aromatic carboxylic acids is 1. The van der Waals surface area contributed by atoms with Crippen molar-refractivity contribution in [1.82, 2.24) is 4.98 Å². The fourth-order valence-corrected chi connectivity index (χ4v) is 2.95. The summed E-state index contributed by atoms with van der Waals surface area (Å²) in [6.45, 7) is 4.54. The van der Waals surface area contributed by atoms with Crippen LogP contribution >= 0.6 is 0 Å². The largest absolute Gasteiger partial charge is 0.478 e. The van der Waals surface area contributed by atoms with Gasteiger partial charge in [-0.2, -0.15) is 0 Å². The molecule has 0 spiro atoms. The highest BCUT2D eigenvalue weighted by molar-refractivity contribution is 5.96. The van der Waals surface area contributed by atoms with Crippen LogP contribution in [0.5, 0.6) is 0 Å². The molecule has 1 aliphatic rings. The highest BCUT2D eigenvalue weighted by Gasteiger charge is 2.21. The zero-order valence-corrected chi connectivity index (χ0v) is 14.0. The number of aromatic nitrogens is 1.